The van der Waals surface area contributed by atoms with Crippen molar-refractivity contribution in [1.29, 1.82) is 0 Å². The van der Waals surface area contributed by atoms with Crippen molar-refractivity contribution in [3.8, 4) is 0 Å². The Labute approximate surface area is 122 Å². The van der Waals surface area contributed by atoms with Gasteiger partial charge in [-0.05, 0) is 36.8 Å². The summed E-state index contributed by atoms with van der Waals surface area (Å²) in [6, 6.07) is 3.36. The van der Waals surface area contributed by atoms with Gasteiger partial charge in [0.1, 0.15) is 4.21 Å². The predicted molar refractivity (Wildman–Crippen MR) is 76.9 cm³/mol. The maximum absolute atomic E-state index is 12.5. The summed E-state index contributed by atoms with van der Waals surface area (Å²) in [5.74, 6) is 0.743. The van der Waals surface area contributed by atoms with Gasteiger partial charge in [-0.2, -0.15) is 4.31 Å². The van der Waals surface area contributed by atoms with E-state index in [1.54, 1.807) is 16.4 Å². The largest absolute Gasteiger partial charge is 0.327 e. The molecule has 2 fully saturated rings. The van der Waals surface area contributed by atoms with Crippen LogP contribution in [0.4, 0.5) is 0 Å². The Morgan fingerprint density at radius 2 is 2.11 bits per heavy atom. The molecular weight excluding hydrogens is 304 g/mol. The standard InChI is InChI=1S/C12H17ClN2O2S2/c13-11-4-5-12(18-11)19(16,17)15-6-8-2-1-3-10(14)9(8)7-15/h4-5,8-10H,1-3,6-7,14H2. The summed E-state index contributed by atoms with van der Waals surface area (Å²) in [6.07, 6.45) is 3.22. The third-order valence-corrected chi connectivity index (χ3v) is 7.79. The first-order valence-electron chi connectivity index (χ1n) is 6.49. The highest BCUT2D eigenvalue weighted by Gasteiger charge is 2.43. The first kappa shape index (κ1) is 13.8. The van der Waals surface area contributed by atoms with Gasteiger partial charge in [-0.3, -0.25) is 0 Å². The van der Waals surface area contributed by atoms with Crippen LogP contribution in [0.5, 0.6) is 0 Å². The molecule has 0 amide bonds. The molecule has 4 nitrogen and oxygen atoms in total. The van der Waals surface area contributed by atoms with E-state index in [0.717, 1.165) is 30.6 Å². The molecule has 3 unspecified atom stereocenters. The smallest absolute Gasteiger partial charge is 0.252 e. The topological polar surface area (TPSA) is 63.4 Å². The average molecular weight is 321 g/mol. The van der Waals surface area contributed by atoms with Crippen molar-refractivity contribution in [2.24, 2.45) is 17.6 Å². The molecule has 0 bridgehead atoms. The van der Waals surface area contributed by atoms with E-state index in [9.17, 15) is 8.42 Å². The van der Waals surface area contributed by atoms with E-state index in [2.05, 4.69) is 0 Å². The maximum atomic E-state index is 12.5. The van der Waals surface area contributed by atoms with Crippen LogP contribution < -0.4 is 5.73 Å². The number of nitrogens with two attached hydrogens (primary N) is 1. The zero-order valence-corrected chi connectivity index (χ0v) is 12.8. The normalized spacial score (nSPS) is 32.4. The van der Waals surface area contributed by atoms with Crippen LogP contribution in [0.15, 0.2) is 16.3 Å². The lowest BCUT2D eigenvalue weighted by Gasteiger charge is -2.29. The van der Waals surface area contributed by atoms with Gasteiger partial charge in [0.15, 0.2) is 0 Å². The number of hydrogen-bond donors (Lipinski definition) is 1. The molecule has 1 saturated carbocycles. The lowest BCUT2D eigenvalue weighted by Crippen LogP contribution is -2.38. The minimum Gasteiger partial charge on any atom is -0.327 e. The van der Waals surface area contributed by atoms with Crippen LogP contribution in [-0.2, 0) is 10.0 Å². The van der Waals surface area contributed by atoms with Gasteiger partial charge in [0.2, 0.25) is 0 Å². The van der Waals surface area contributed by atoms with Crippen LogP contribution in [0.1, 0.15) is 19.3 Å². The Hall–Kier alpha value is -0.140. The summed E-state index contributed by atoms with van der Waals surface area (Å²) in [5, 5.41) is 0. The molecular formula is C12H17ClN2O2S2. The Bertz CT molecular complexity index is 572. The highest BCUT2D eigenvalue weighted by Crippen LogP contribution is 2.39. The number of thiophene rings is 1. The second-order valence-corrected chi connectivity index (χ2v) is 9.28. The fourth-order valence-electron chi connectivity index (χ4n) is 3.24. The molecule has 0 radical (unpaired) electrons. The van der Waals surface area contributed by atoms with Gasteiger partial charge in [0.05, 0.1) is 4.34 Å². The number of sulfonamides is 1. The molecule has 2 N–H and O–H groups in total. The van der Waals surface area contributed by atoms with Crippen molar-refractivity contribution in [2.75, 3.05) is 13.1 Å². The van der Waals surface area contributed by atoms with Crippen molar-refractivity contribution < 1.29 is 8.42 Å². The third kappa shape index (κ3) is 2.45. The molecule has 1 aliphatic heterocycles. The summed E-state index contributed by atoms with van der Waals surface area (Å²) in [5.41, 5.74) is 6.13. The molecule has 0 aromatic carbocycles. The first-order valence-corrected chi connectivity index (χ1v) is 9.13. The molecule has 3 atom stereocenters. The lowest BCUT2D eigenvalue weighted by molar-refractivity contribution is 0.260. The van der Waals surface area contributed by atoms with Gasteiger partial charge in [-0.25, -0.2) is 8.42 Å². The van der Waals surface area contributed by atoms with E-state index >= 15 is 0 Å². The van der Waals surface area contributed by atoms with Gasteiger partial charge >= 0.3 is 0 Å². The number of halogens is 1. The van der Waals surface area contributed by atoms with Crippen LogP contribution in [0.2, 0.25) is 4.34 Å². The van der Waals surface area contributed by atoms with E-state index in [0.29, 0.717) is 33.5 Å². The van der Waals surface area contributed by atoms with Gasteiger partial charge < -0.3 is 5.73 Å². The highest BCUT2D eigenvalue weighted by molar-refractivity contribution is 7.91. The average Bonchev–Trinajstić information content (AvgIpc) is 2.96. The Balaban J connectivity index is 1.84. The summed E-state index contributed by atoms with van der Waals surface area (Å²) < 4.78 is 27.5. The van der Waals surface area contributed by atoms with E-state index in [4.69, 9.17) is 17.3 Å². The third-order valence-electron chi connectivity index (χ3n) is 4.26. The van der Waals surface area contributed by atoms with Gasteiger partial charge in [-0.15, -0.1) is 11.3 Å². The van der Waals surface area contributed by atoms with Crippen LogP contribution in [0, 0.1) is 11.8 Å². The zero-order chi connectivity index (χ0) is 13.6. The SMILES string of the molecule is NC1CCCC2CN(S(=O)(=O)c3ccc(Cl)s3)CC12. The van der Waals surface area contributed by atoms with E-state index in [1.165, 1.54) is 0 Å². The number of nitrogens with zero attached hydrogens (tertiary/aromatic N) is 1. The van der Waals surface area contributed by atoms with Crippen molar-refractivity contribution in [1.82, 2.24) is 4.31 Å². The lowest BCUT2D eigenvalue weighted by atomic mass is 9.78. The molecule has 2 aliphatic rings. The van der Waals surface area contributed by atoms with Crippen molar-refractivity contribution in [2.45, 2.75) is 29.5 Å². The van der Waals surface area contributed by atoms with Crippen molar-refractivity contribution in [3.05, 3.63) is 16.5 Å². The summed E-state index contributed by atoms with van der Waals surface area (Å²) in [4.78, 5) is 0. The van der Waals surface area contributed by atoms with Crippen LogP contribution in [0.25, 0.3) is 0 Å². The van der Waals surface area contributed by atoms with Crippen molar-refractivity contribution >= 4 is 33.0 Å². The fourth-order valence-corrected chi connectivity index (χ4v) is 6.41. The molecule has 19 heavy (non-hydrogen) atoms. The summed E-state index contributed by atoms with van der Waals surface area (Å²) in [6.45, 7) is 1.17. The number of fused-ring (bicyclic) bond motifs is 1. The molecule has 1 aliphatic carbocycles. The van der Waals surface area contributed by atoms with Crippen LogP contribution >= 0.6 is 22.9 Å². The molecule has 1 aromatic rings. The van der Waals surface area contributed by atoms with Gasteiger partial charge in [0.25, 0.3) is 10.0 Å². The second-order valence-electron chi connectivity index (χ2n) is 5.40. The number of hydrogen-bond acceptors (Lipinski definition) is 4. The fraction of sp³-hybridized carbons (Fsp3) is 0.667. The summed E-state index contributed by atoms with van der Waals surface area (Å²) in [7, 11) is -3.39. The van der Waals surface area contributed by atoms with Crippen LogP contribution in [0.3, 0.4) is 0 Å². The molecule has 7 heteroatoms. The molecule has 106 valence electrons. The molecule has 3 rings (SSSR count). The molecule has 2 heterocycles. The second kappa shape index (κ2) is 5.00. The predicted octanol–water partition coefficient (Wildman–Crippen LogP) is 2.15. The monoisotopic (exact) mass is 320 g/mol. The van der Waals surface area contributed by atoms with Crippen molar-refractivity contribution in [3.63, 3.8) is 0 Å². The maximum Gasteiger partial charge on any atom is 0.252 e. The molecule has 1 saturated heterocycles. The highest BCUT2D eigenvalue weighted by atomic mass is 35.5. The first-order chi connectivity index (χ1) is 8.98. The molecule has 0 spiro atoms. The Morgan fingerprint density at radius 3 is 2.74 bits per heavy atom. The molecule has 1 aromatic heterocycles. The van der Waals surface area contributed by atoms with E-state index < -0.39 is 10.0 Å². The zero-order valence-electron chi connectivity index (χ0n) is 10.5. The quantitative estimate of drug-likeness (QED) is 0.908. The summed E-state index contributed by atoms with van der Waals surface area (Å²) >= 11 is 6.95. The van der Waals surface area contributed by atoms with Gasteiger partial charge in [0, 0.05) is 19.1 Å². The minimum absolute atomic E-state index is 0.144. The Kier molecular flexibility index (Phi) is 3.64. The Morgan fingerprint density at radius 1 is 1.32 bits per heavy atom. The van der Waals surface area contributed by atoms with Gasteiger partial charge in [-0.1, -0.05) is 18.0 Å². The van der Waals surface area contributed by atoms with E-state index in [-0.39, 0.29) is 6.04 Å². The number of rotatable bonds is 2. The minimum atomic E-state index is -3.39. The van der Waals surface area contributed by atoms with Crippen LogP contribution in [-0.4, -0.2) is 31.9 Å². The van der Waals surface area contributed by atoms with E-state index in [1.807, 2.05) is 0 Å².